The van der Waals surface area contributed by atoms with E-state index in [2.05, 4.69) is 21.2 Å². The topological polar surface area (TPSA) is 29.1 Å². The summed E-state index contributed by atoms with van der Waals surface area (Å²) in [6.07, 6.45) is 0. The molecular formula is C9H9BrFNO. The van der Waals surface area contributed by atoms with Gasteiger partial charge in [0.1, 0.15) is 5.82 Å². The summed E-state index contributed by atoms with van der Waals surface area (Å²) in [5.74, 6) is -0.909. The van der Waals surface area contributed by atoms with E-state index in [-0.39, 0.29) is 5.56 Å². The summed E-state index contributed by atoms with van der Waals surface area (Å²) in [6.45, 7) is 2.27. The lowest BCUT2D eigenvalue weighted by molar-refractivity contribution is 0.0951. The van der Waals surface area contributed by atoms with Crippen LogP contribution in [0.4, 0.5) is 4.39 Å². The van der Waals surface area contributed by atoms with Crippen molar-refractivity contribution >= 4 is 21.8 Å². The SMILES string of the molecule is CCNC(=O)c1c(F)cccc1Br. The molecule has 1 rings (SSSR count). The lowest BCUT2D eigenvalue weighted by Crippen LogP contribution is -2.24. The van der Waals surface area contributed by atoms with Crippen molar-refractivity contribution in [1.29, 1.82) is 0 Å². The number of halogens is 2. The summed E-state index contributed by atoms with van der Waals surface area (Å²) in [5, 5.41) is 2.53. The number of carbonyl (C=O) groups excluding carboxylic acids is 1. The lowest BCUT2D eigenvalue weighted by atomic mass is 10.2. The minimum Gasteiger partial charge on any atom is -0.352 e. The molecule has 1 amide bonds. The minimum absolute atomic E-state index is 0.0596. The summed E-state index contributed by atoms with van der Waals surface area (Å²) in [5.41, 5.74) is 0.0596. The highest BCUT2D eigenvalue weighted by molar-refractivity contribution is 9.10. The van der Waals surface area contributed by atoms with Crippen LogP contribution in [-0.2, 0) is 0 Å². The molecule has 1 aromatic carbocycles. The minimum atomic E-state index is -0.514. The molecule has 1 aromatic rings. The van der Waals surface area contributed by atoms with Crippen molar-refractivity contribution in [1.82, 2.24) is 5.32 Å². The van der Waals surface area contributed by atoms with Crippen molar-refractivity contribution < 1.29 is 9.18 Å². The molecule has 70 valence electrons. The molecule has 1 N–H and O–H groups in total. The van der Waals surface area contributed by atoms with Gasteiger partial charge in [-0.1, -0.05) is 6.07 Å². The first-order chi connectivity index (χ1) is 6.16. The van der Waals surface area contributed by atoms with Crippen LogP contribution in [0.5, 0.6) is 0 Å². The van der Waals surface area contributed by atoms with Crippen LogP contribution in [0.3, 0.4) is 0 Å². The number of benzene rings is 1. The van der Waals surface area contributed by atoms with Gasteiger partial charge in [0.05, 0.1) is 5.56 Å². The van der Waals surface area contributed by atoms with E-state index in [1.807, 2.05) is 0 Å². The smallest absolute Gasteiger partial charge is 0.255 e. The fourth-order valence-electron chi connectivity index (χ4n) is 0.964. The van der Waals surface area contributed by atoms with E-state index in [4.69, 9.17) is 0 Å². The Kier molecular flexibility index (Phi) is 3.42. The van der Waals surface area contributed by atoms with E-state index < -0.39 is 11.7 Å². The Morgan fingerprint density at radius 3 is 2.85 bits per heavy atom. The first-order valence-electron chi connectivity index (χ1n) is 3.89. The van der Waals surface area contributed by atoms with Crippen LogP contribution < -0.4 is 5.32 Å². The van der Waals surface area contributed by atoms with Crippen LogP contribution in [0, 0.1) is 5.82 Å². The second-order valence-electron chi connectivity index (χ2n) is 2.46. The molecule has 0 atom stereocenters. The van der Waals surface area contributed by atoms with Crippen molar-refractivity contribution in [2.45, 2.75) is 6.92 Å². The van der Waals surface area contributed by atoms with Gasteiger partial charge in [-0.2, -0.15) is 0 Å². The van der Waals surface area contributed by atoms with Crippen molar-refractivity contribution in [3.63, 3.8) is 0 Å². The predicted molar refractivity (Wildman–Crippen MR) is 52.1 cm³/mol. The van der Waals surface area contributed by atoms with Gasteiger partial charge >= 0.3 is 0 Å². The molecule has 0 heterocycles. The highest BCUT2D eigenvalue weighted by Gasteiger charge is 2.13. The van der Waals surface area contributed by atoms with Crippen molar-refractivity contribution in [3.8, 4) is 0 Å². The third kappa shape index (κ3) is 2.28. The van der Waals surface area contributed by atoms with Gasteiger partial charge in [0.15, 0.2) is 0 Å². The van der Waals surface area contributed by atoms with Gasteiger partial charge in [0.2, 0.25) is 0 Å². The number of hydrogen-bond donors (Lipinski definition) is 1. The van der Waals surface area contributed by atoms with Crippen molar-refractivity contribution in [2.75, 3.05) is 6.54 Å². The van der Waals surface area contributed by atoms with Crippen molar-refractivity contribution in [2.24, 2.45) is 0 Å². The standard InChI is InChI=1S/C9H9BrFNO/c1-2-12-9(13)8-6(10)4-3-5-7(8)11/h3-5H,2H2,1H3,(H,12,13). The number of nitrogens with one attached hydrogen (secondary N) is 1. The van der Waals surface area contributed by atoms with Gasteiger partial charge in [-0.05, 0) is 35.0 Å². The Hall–Kier alpha value is -0.900. The van der Waals surface area contributed by atoms with E-state index in [0.29, 0.717) is 11.0 Å². The monoisotopic (exact) mass is 245 g/mol. The highest BCUT2D eigenvalue weighted by atomic mass is 79.9. The summed E-state index contributed by atoms with van der Waals surface area (Å²) >= 11 is 3.12. The molecule has 4 heteroatoms. The van der Waals surface area contributed by atoms with Crippen molar-refractivity contribution in [3.05, 3.63) is 34.1 Å². The van der Waals surface area contributed by atoms with Crippen LogP contribution in [-0.4, -0.2) is 12.5 Å². The maximum Gasteiger partial charge on any atom is 0.255 e. The lowest BCUT2D eigenvalue weighted by Gasteiger charge is -2.04. The zero-order chi connectivity index (χ0) is 9.84. The van der Waals surface area contributed by atoms with Crippen LogP contribution in [0.25, 0.3) is 0 Å². The number of amides is 1. The largest absolute Gasteiger partial charge is 0.352 e. The zero-order valence-corrected chi connectivity index (χ0v) is 8.69. The molecule has 0 aliphatic heterocycles. The Balaban J connectivity index is 3.05. The summed E-state index contributed by atoms with van der Waals surface area (Å²) in [7, 11) is 0. The molecular weight excluding hydrogens is 237 g/mol. The second kappa shape index (κ2) is 4.37. The Morgan fingerprint density at radius 2 is 2.31 bits per heavy atom. The normalized spacial score (nSPS) is 9.77. The van der Waals surface area contributed by atoms with Crippen LogP contribution in [0.15, 0.2) is 22.7 Å². The average molecular weight is 246 g/mol. The predicted octanol–water partition coefficient (Wildman–Crippen LogP) is 2.34. The molecule has 0 saturated carbocycles. The first kappa shape index (κ1) is 10.2. The van der Waals surface area contributed by atoms with Gasteiger partial charge in [-0.25, -0.2) is 4.39 Å². The van der Waals surface area contributed by atoms with Crippen LogP contribution in [0.2, 0.25) is 0 Å². The van der Waals surface area contributed by atoms with Gasteiger partial charge in [-0.3, -0.25) is 4.79 Å². The number of hydrogen-bond acceptors (Lipinski definition) is 1. The Morgan fingerprint density at radius 1 is 1.62 bits per heavy atom. The maximum atomic E-state index is 13.1. The maximum absolute atomic E-state index is 13.1. The second-order valence-corrected chi connectivity index (χ2v) is 3.31. The van der Waals surface area contributed by atoms with Gasteiger partial charge in [-0.15, -0.1) is 0 Å². The fourth-order valence-corrected chi connectivity index (χ4v) is 1.49. The van der Waals surface area contributed by atoms with E-state index in [1.54, 1.807) is 19.1 Å². The Labute approximate surface area is 84.3 Å². The molecule has 0 radical (unpaired) electrons. The zero-order valence-electron chi connectivity index (χ0n) is 7.10. The van der Waals surface area contributed by atoms with Gasteiger partial charge < -0.3 is 5.32 Å². The molecule has 0 fully saturated rings. The molecule has 0 bridgehead atoms. The van der Waals surface area contributed by atoms with E-state index in [0.717, 1.165) is 0 Å². The first-order valence-corrected chi connectivity index (χ1v) is 4.68. The molecule has 0 unspecified atom stereocenters. The third-order valence-corrected chi connectivity index (χ3v) is 2.19. The van der Waals surface area contributed by atoms with Gasteiger partial charge in [0, 0.05) is 11.0 Å². The Bertz CT molecular complexity index is 307. The van der Waals surface area contributed by atoms with E-state index >= 15 is 0 Å². The molecule has 2 nitrogen and oxygen atoms in total. The summed E-state index contributed by atoms with van der Waals surface area (Å²) in [6, 6.07) is 4.44. The summed E-state index contributed by atoms with van der Waals surface area (Å²) < 4.78 is 13.6. The molecule has 0 aliphatic rings. The van der Waals surface area contributed by atoms with Crippen LogP contribution in [0.1, 0.15) is 17.3 Å². The third-order valence-electron chi connectivity index (χ3n) is 1.53. The van der Waals surface area contributed by atoms with E-state index in [9.17, 15) is 9.18 Å². The molecule has 0 aromatic heterocycles. The molecule has 0 aliphatic carbocycles. The quantitative estimate of drug-likeness (QED) is 0.852. The number of rotatable bonds is 2. The average Bonchev–Trinajstić information content (AvgIpc) is 2.04. The van der Waals surface area contributed by atoms with E-state index in [1.165, 1.54) is 6.07 Å². The molecule has 13 heavy (non-hydrogen) atoms. The fraction of sp³-hybridized carbons (Fsp3) is 0.222. The summed E-state index contributed by atoms with van der Waals surface area (Å²) in [4.78, 5) is 11.3. The molecule has 0 saturated heterocycles. The number of carbonyl (C=O) groups is 1. The van der Waals surface area contributed by atoms with Gasteiger partial charge in [0.25, 0.3) is 5.91 Å². The van der Waals surface area contributed by atoms with Crippen LogP contribution >= 0.6 is 15.9 Å². The molecule has 0 spiro atoms. The highest BCUT2D eigenvalue weighted by Crippen LogP contribution is 2.19.